The van der Waals surface area contributed by atoms with Crippen molar-refractivity contribution < 1.29 is 19.1 Å². The zero-order chi connectivity index (χ0) is 20.4. The second-order valence-corrected chi connectivity index (χ2v) is 12.5. The maximum Gasteiger partial charge on any atom is 0.414 e. The van der Waals surface area contributed by atoms with Gasteiger partial charge in [0.25, 0.3) is 8.32 Å². The molecule has 1 aliphatic rings. The van der Waals surface area contributed by atoms with E-state index in [1.54, 1.807) is 0 Å². The van der Waals surface area contributed by atoms with Gasteiger partial charge in [0.1, 0.15) is 0 Å². The Hall–Kier alpha value is -2.44. The van der Waals surface area contributed by atoms with Gasteiger partial charge in [-0.15, -0.1) is 0 Å². The Labute approximate surface area is 167 Å². The zero-order valence-corrected chi connectivity index (χ0v) is 17.6. The van der Waals surface area contributed by atoms with Crippen LogP contribution < -0.4 is 10.4 Å². The number of rotatable bonds is 4. The van der Waals surface area contributed by atoms with Crippen molar-refractivity contribution in [2.45, 2.75) is 44.8 Å². The third-order valence-electron chi connectivity index (χ3n) is 5.37. The third-order valence-corrected chi connectivity index (χ3v) is 10.5. The highest BCUT2D eigenvalue weighted by Gasteiger charge is 2.52. The predicted molar refractivity (Wildman–Crippen MR) is 111 cm³/mol. The molecule has 0 bridgehead atoms. The summed E-state index contributed by atoms with van der Waals surface area (Å²) in [6, 6.07) is 20.5. The van der Waals surface area contributed by atoms with Gasteiger partial charge in [-0.3, -0.25) is 4.79 Å². The molecule has 0 aliphatic carbocycles. The first-order chi connectivity index (χ1) is 13.3. The highest BCUT2D eigenvalue weighted by Crippen LogP contribution is 2.38. The van der Waals surface area contributed by atoms with Crippen LogP contribution in [0.5, 0.6) is 0 Å². The Morgan fingerprint density at radius 2 is 1.54 bits per heavy atom. The first-order valence-corrected chi connectivity index (χ1v) is 11.5. The fourth-order valence-electron chi connectivity index (χ4n) is 4.05. The fourth-order valence-corrected chi connectivity index (χ4v) is 8.77. The number of carbonyl (C=O) groups is 2. The average molecular weight is 398 g/mol. The molecule has 1 atom stereocenters. The van der Waals surface area contributed by atoms with E-state index in [-0.39, 0.29) is 30.0 Å². The van der Waals surface area contributed by atoms with Gasteiger partial charge in [-0.05, 0) is 21.8 Å². The van der Waals surface area contributed by atoms with Gasteiger partial charge >= 0.3 is 6.09 Å². The average Bonchev–Trinajstić information content (AvgIpc) is 2.66. The van der Waals surface area contributed by atoms with E-state index >= 15 is 0 Å². The van der Waals surface area contributed by atoms with Gasteiger partial charge in [0.15, 0.2) is 0 Å². The highest BCUT2D eigenvalue weighted by atomic mass is 28.4. The quantitative estimate of drug-likeness (QED) is 0.805. The summed E-state index contributed by atoms with van der Waals surface area (Å²) in [5.74, 6) is -0.387. The second kappa shape index (κ2) is 7.89. The molecule has 3 rings (SSSR count). The number of imide groups is 1. The van der Waals surface area contributed by atoms with Crippen molar-refractivity contribution in [3.05, 3.63) is 60.7 Å². The van der Waals surface area contributed by atoms with Crippen molar-refractivity contribution in [3.8, 4) is 0 Å². The summed E-state index contributed by atoms with van der Waals surface area (Å²) >= 11 is 0. The van der Waals surface area contributed by atoms with Crippen LogP contribution in [0, 0.1) is 0 Å². The van der Waals surface area contributed by atoms with Crippen molar-refractivity contribution >= 4 is 30.7 Å². The monoisotopic (exact) mass is 397 g/mol. The number of hydrogen-bond acceptors (Lipinski definition) is 3. The van der Waals surface area contributed by atoms with Gasteiger partial charge in [0.05, 0.1) is 12.5 Å². The number of carboxylic acid groups (broad SMARTS) is 1. The van der Waals surface area contributed by atoms with Gasteiger partial charge in [-0.1, -0.05) is 81.4 Å². The van der Waals surface area contributed by atoms with Gasteiger partial charge < -0.3 is 9.53 Å². The molecule has 1 aliphatic heterocycles. The molecule has 2 amide bonds. The van der Waals surface area contributed by atoms with E-state index in [9.17, 15) is 14.7 Å². The molecular weight excluding hydrogens is 370 g/mol. The first kappa shape index (κ1) is 20.3. The van der Waals surface area contributed by atoms with Crippen LogP contribution in [0.15, 0.2) is 60.7 Å². The van der Waals surface area contributed by atoms with Crippen LogP contribution in [0.2, 0.25) is 5.04 Å². The Kier molecular flexibility index (Phi) is 5.72. The Balaban J connectivity index is 2.05. The van der Waals surface area contributed by atoms with E-state index in [0.717, 1.165) is 15.3 Å². The Bertz CT molecular complexity index is 793. The number of nitrogens with zero attached hydrogens (tertiary/aromatic N) is 1. The number of likely N-dealkylation sites (tertiary alicyclic amines) is 1. The lowest BCUT2D eigenvalue weighted by Crippen LogP contribution is -2.68. The molecule has 5 nitrogen and oxygen atoms in total. The molecule has 1 saturated heterocycles. The molecule has 148 valence electrons. The molecule has 2 aromatic rings. The van der Waals surface area contributed by atoms with Crippen molar-refractivity contribution in [1.82, 2.24) is 4.90 Å². The molecule has 1 heterocycles. The molecule has 0 saturated carbocycles. The number of piperidine rings is 1. The van der Waals surface area contributed by atoms with Crippen LogP contribution in [0.4, 0.5) is 4.79 Å². The first-order valence-electron chi connectivity index (χ1n) is 9.58. The second-order valence-electron chi connectivity index (χ2n) is 8.22. The highest BCUT2D eigenvalue weighted by molar-refractivity contribution is 6.99. The number of hydrogen-bond donors (Lipinski definition) is 1. The SMILES string of the molecule is CC(C)(C)[Si](OC1CCN(C(=O)O)C(=O)C1)(c1ccccc1)c1ccccc1. The minimum absolute atomic E-state index is 0.0940. The molecule has 1 N–H and O–H groups in total. The van der Waals surface area contributed by atoms with Gasteiger partial charge in [-0.2, -0.15) is 0 Å². The summed E-state index contributed by atoms with van der Waals surface area (Å²) in [6.45, 7) is 6.74. The topological polar surface area (TPSA) is 66.8 Å². The number of benzene rings is 2. The van der Waals surface area contributed by atoms with E-state index in [1.165, 1.54) is 0 Å². The smallest absolute Gasteiger partial charge is 0.414 e. The molecule has 0 radical (unpaired) electrons. The van der Waals surface area contributed by atoms with Gasteiger partial charge in [0, 0.05) is 6.54 Å². The molecule has 0 spiro atoms. The Morgan fingerprint density at radius 3 is 1.93 bits per heavy atom. The van der Waals surface area contributed by atoms with E-state index in [0.29, 0.717) is 6.42 Å². The van der Waals surface area contributed by atoms with Crippen LogP contribution in [-0.4, -0.2) is 43.0 Å². The Morgan fingerprint density at radius 1 is 1.04 bits per heavy atom. The van der Waals surface area contributed by atoms with E-state index in [4.69, 9.17) is 4.43 Å². The predicted octanol–water partition coefficient (Wildman–Crippen LogP) is 3.23. The lowest BCUT2D eigenvalue weighted by atomic mass is 10.1. The van der Waals surface area contributed by atoms with E-state index in [1.807, 2.05) is 36.4 Å². The van der Waals surface area contributed by atoms with Crippen molar-refractivity contribution in [3.63, 3.8) is 0 Å². The standard InChI is InChI=1S/C22H27NO4Si/c1-22(2,3)28(18-10-6-4-7-11-18,19-12-8-5-9-13-19)27-17-14-15-23(21(25)26)20(24)16-17/h4-13,17H,14-16H2,1-3H3,(H,25,26). The number of amides is 2. The molecule has 6 heteroatoms. The zero-order valence-electron chi connectivity index (χ0n) is 16.6. The van der Waals surface area contributed by atoms with Gasteiger partial charge in [0.2, 0.25) is 5.91 Å². The molecule has 1 unspecified atom stereocenters. The third kappa shape index (κ3) is 3.75. The minimum atomic E-state index is -2.73. The van der Waals surface area contributed by atoms with Gasteiger partial charge in [-0.25, -0.2) is 9.69 Å². The van der Waals surface area contributed by atoms with E-state index < -0.39 is 14.4 Å². The lowest BCUT2D eigenvalue weighted by molar-refractivity contribution is -0.134. The lowest BCUT2D eigenvalue weighted by Gasteiger charge is -2.46. The number of carbonyl (C=O) groups excluding carboxylic acids is 1. The summed E-state index contributed by atoms with van der Waals surface area (Å²) in [4.78, 5) is 24.5. The molecule has 1 fully saturated rings. The summed E-state index contributed by atoms with van der Waals surface area (Å²) in [7, 11) is -2.73. The van der Waals surface area contributed by atoms with E-state index in [2.05, 4.69) is 45.0 Å². The summed E-state index contributed by atoms with van der Waals surface area (Å²) in [6.07, 6.45) is -0.873. The van der Waals surface area contributed by atoms with Crippen LogP contribution >= 0.6 is 0 Å². The van der Waals surface area contributed by atoms with Crippen LogP contribution in [0.25, 0.3) is 0 Å². The molecule has 28 heavy (non-hydrogen) atoms. The van der Waals surface area contributed by atoms with Crippen molar-refractivity contribution in [2.75, 3.05) is 6.54 Å². The minimum Gasteiger partial charge on any atom is -0.465 e. The summed E-state index contributed by atoms with van der Waals surface area (Å²) in [5, 5.41) is 11.3. The maximum atomic E-state index is 12.3. The van der Waals surface area contributed by atoms with Crippen molar-refractivity contribution in [2.24, 2.45) is 0 Å². The fraction of sp³-hybridized carbons (Fsp3) is 0.364. The summed E-state index contributed by atoms with van der Waals surface area (Å²) in [5.41, 5.74) is 0. The normalized spacial score (nSPS) is 18.2. The maximum absolute atomic E-state index is 12.3. The van der Waals surface area contributed by atoms with Crippen LogP contribution in [-0.2, 0) is 9.22 Å². The summed E-state index contributed by atoms with van der Waals surface area (Å²) < 4.78 is 6.91. The van der Waals surface area contributed by atoms with Crippen LogP contribution in [0.1, 0.15) is 33.6 Å². The van der Waals surface area contributed by atoms with Crippen LogP contribution in [0.3, 0.4) is 0 Å². The largest absolute Gasteiger partial charge is 0.465 e. The molecule has 2 aromatic carbocycles. The molecule has 0 aromatic heterocycles. The van der Waals surface area contributed by atoms with Crippen molar-refractivity contribution in [1.29, 1.82) is 0 Å². The molecular formula is C22H27NO4Si.